The predicted octanol–water partition coefficient (Wildman–Crippen LogP) is 1.82. The Morgan fingerprint density at radius 2 is 2.08 bits per heavy atom. The van der Waals surface area contributed by atoms with Crippen LogP contribution in [0.5, 0.6) is 0 Å². The third kappa shape index (κ3) is 2.32. The van der Waals surface area contributed by atoms with Crippen LogP contribution in [0.3, 0.4) is 0 Å². The standard InChI is InChI=1S/C10H17NO2/c1-10(2,3)9(11)8-5-4-7(6-12)13-8/h4-5,9,12H,6,11H2,1-3H3/t9-/m0/s1. The molecule has 0 aliphatic heterocycles. The van der Waals surface area contributed by atoms with Gasteiger partial charge in [-0.3, -0.25) is 0 Å². The van der Waals surface area contributed by atoms with E-state index in [9.17, 15) is 0 Å². The van der Waals surface area contributed by atoms with E-state index in [4.69, 9.17) is 15.3 Å². The van der Waals surface area contributed by atoms with Gasteiger partial charge in [0.05, 0.1) is 6.04 Å². The highest BCUT2D eigenvalue weighted by Crippen LogP contribution is 2.31. The minimum atomic E-state index is -0.132. The van der Waals surface area contributed by atoms with E-state index >= 15 is 0 Å². The summed E-state index contributed by atoms with van der Waals surface area (Å²) in [6.07, 6.45) is 0. The fourth-order valence-corrected chi connectivity index (χ4v) is 1.07. The van der Waals surface area contributed by atoms with Crippen LogP contribution in [0, 0.1) is 5.41 Å². The second-order valence-electron chi connectivity index (χ2n) is 4.31. The summed E-state index contributed by atoms with van der Waals surface area (Å²) < 4.78 is 5.35. The first-order valence-corrected chi connectivity index (χ1v) is 4.40. The highest BCUT2D eigenvalue weighted by atomic mass is 16.4. The van der Waals surface area contributed by atoms with Gasteiger partial charge in [-0.1, -0.05) is 20.8 Å². The predicted molar refractivity (Wildman–Crippen MR) is 51.0 cm³/mol. The van der Waals surface area contributed by atoms with Gasteiger partial charge >= 0.3 is 0 Å². The zero-order valence-corrected chi connectivity index (χ0v) is 8.37. The number of furan rings is 1. The molecule has 0 radical (unpaired) electrons. The van der Waals surface area contributed by atoms with Crippen molar-refractivity contribution in [1.29, 1.82) is 0 Å². The maximum atomic E-state index is 8.80. The van der Waals surface area contributed by atoms with Crippen molar-refractivity contribution in [2.75, 3.05) is 0 Å². The monoisotopic (exact) mass is 183 g/mol. The van der Waals surface area contributed by atoms with Crippen molar-refractivity contribution in [3.63, 3.8) is 0 Å². The summed E-state index contributed by atoms with van der Waals surface area (Å²) in [5, 5.41) is 8.80. The molecule has 3 heteroatoms. The van der Waals surface area contributed by atoms with Gasteiger partial charge in [-0.2, -0.15) is 0 Å². The van der Waals surface area contributed by atoms with Crippen LogP contribution in [0.4, 0.5) is 0 Å². The van der Waals surface area contributed by atoms with Crippen molar-refractivity contribution >= 4 is 0 Å². The number of aliphatic hydroxyl groups is 1. The van der Waals surface area contributed by atoms with E-state index in [1.807, 2.05) is 6.07 Å². The van der Waals surface area contributed by atoms with Gasteiger partial charge in [0.1, 0.15) is 18.1 Å². The van der Waals surface area contributed by atoms with E-state index in [0.29, 0.717) is 5.76 Å². The second-order valence-corrected chi connectivity index (χ2v) is 4.31. The first kappa shape index (κ1) is 10.3. The Kier molecular flexibility index (Phi) is 2.78. The molecule has 0 unspecified atom stereocenters. The lowest BCUT2D eigenvalue weighted by Gasteiger charge is -2.24. The van der Waals surface area contributed by atoms with E-state index in [2.05, 4.69) is 20.8 Å². The van der Waals surface area contributed by atoms with E-state index in [0.717, 1.165) is 5.76 Å². The normalized spacial score (nSPS) is 14.5. The molecule has 0 amide bonds. The quantitative estimate of drug-likeness (QED) is 0.735. The Labute approximate surface area is 78.5 Å². The molecular weight excluding hydrogens is 166 g/mol. The summed E-state index contributed by atoms with van der Waals surface area (Å²) in [6, 6.07) is 3.44. The molecule has 1 aromatic rings. The van der Waals surface area contributed by atoms with Crippen LogP contribution < -0.4 is 5.73 Å². The maximum absolute atomic E-state index is 8.80. The Morgan fingerprint density at radius 1 is 1.46 bits per heavy atom. The maximum Gasteiger partial charge on any atom is 0.129 e. The van der Waals surface area contributed by atoms with Crippen LogP contribution in [0.25, 0.3) is 0 Å². The molecule has 0 saturated carbocycles. The Bertz CT molecular complexity index is 273. The smallest absolute Gasteiger partial charge is 0.129 e. The van der Waals surface area contributed by atoms with Crippen molar-refractivity contribution < 1.29 is 9.52 Å². The number of nitrogens with two attached hydrogens (primary N) is 1. The van der Waals surface area contributed by atoms with Crippen LogP contribution >= 0.6 is 0 Å². The molecular formula is C10H17NO2. The van der Waals surface area contributed by atoms with Crippen molar-refractivity contribution in [1.82, 2.24) is 0 Å². The van der Waals surface area contributed by atoms with Gasteiger partial charge in [0.2, 0.25) is 0 Å². The zero-order valence-electron chi connectivity index (χ0n) is 8.37. The average Bonchev–Trinajstić information content (AvgIpc) is 2.48. The molecule has 0 fully saturated rings. The highest BCUT2D eigenvalue weighted by molar-refractivity contribution is 5.11. The Morgan fingerprint density at radius 3 is 2.46 bits per heavy atom. The zero-order chi connectivity index (χ0) is 10.1. The Hall–Kier alpha value is -0.800. The summed E-state index contributed by atoms with van der Waals surface area (Å²) in [5.41, 5.74) is 5.94. The third-order valence-corrected chi connectivity index (χ3v) is 2.08. The number of hydrogen-bond donors (Lipinski definition) is 2. The fraction of sp³-hybridized carbons (Fsp3) is 0.600. The summed E-state index contributed by atoms with van der Waals surface area (Å²) in [4.78, 5) is 0. The SMILES string of the molecule is CC(C)(C)[C@@H](N)c1ccc(CO)o1. The van der Waals surface area contributed by atoms with Crippen molar-refractivity contribution in [3.8, 4) is 0 Å². The molecule has 3 nitrogen and oxygen atoms in total. The molecule has 1 heterocycles. The lowest BCUT2D eigenvalue weighted by molar-refractivity contribution is 0.227. The van der Waals surface area contributed by atoms with Crippen LogP contribution in [-0.2, 0) is 6.61 Å². The summed E-state index contributed by atoms with van der Waals surface area (Å²) in [6.45, 7) is 6.09. The second kappa shape index (κ2) is 3.52. The third-order valence-electron chi connectivity index (χ3n) is 2.08. The molecule has 0 aliphatic carbocycles. The molecule has 0 aromatic carbocycles. The lowest BCUT2D eigenvalue weighted by atomic mass is 9.86. The van der Waals surface area contributed by atoms with E-state index in [-0.39, 0.29) is 18.1 Å². The van der Waals surface area contributed by atoms with Crippen molar-refractivity contribution in [2.24, 2.45) is 11.1 Å². The molecule has 1 atom stereocenters. The molecule has 0 aliphatic rings. The average molecular weight is 183 g/mol. The molecule has 74 valence electrons. The minimum absolute atomic E-state index is 0.0232. The summed E-state index contributed by atoms with van der Waals surface area (Å²) in [5.74, 6) is 1.30. The summed E-state index contributed by atoms with van der Waals surface area (Å²) >= 11 is 0. The number of hydrogen-bond acceptors (Lipinski definition) is 3. The topological polar surface area (TPSA) is 59.4 Å². The molecule has 0 saturated heterocycles. The van der Waals surface area contributed by atoms with Gasteiger partial charge in [-0.15, -0.1) is 0 Å². The van der Waals surface area contributed by atoms with Gasteiger partial charge in [-0.25, -0.2) is 0 Å². The van der Waals surface area contributed by atoms with E-state index in [1.54, 1.807) is 6.07 Å². The lowest BCUT2D eigenvalue weighted by Crippen LogP contribution is -2.25. The van der Waals surface area contributed by atoms with Gasteiger partial charge in [0.25, 0.3) is 0 Å². The van der Waals surface area contributed by atoms with E-state index < -0.39 is 0 Å². The van der Waals surface area contributed by atoms with Gasteiger partial charge < -0.3 is 15.3 Å². The molecule has 0 bridgehead atoms. The molecule has 1 aromatic heterocycles. The van der Waals surface area contributed by atoms with Gasteiger partial charge in [0.15, 0.2) is 0 Å². The van der Waals surface area contributed by atoms with Gasteiger partial charge in [0, 0.05) is 0 Å². The fourth-order valence-electron chi connectivity index (χ4n) is 1.07. The molecule has 13 heavy (non-hydrogen) atoms. The van der Waals surface area contributed by atoms with E-state index in [1.165, 1.54) is 0 Å². The number of rotatable bonds is 2. The molecule has 1 rings (SSSR count). The minimum Gasteiger partial charge on any atom is -0.462 e. The van der Waals surface area contributed by atoms with Crippen molar-refractivity contribution in [2.45, 2.75) is 33.4 Å². The molecule has 0 spiro atoms. The Balaban J connectivity index is 2.83. The molecule has 3 N–H and O–H groups in total. The number of aliphatic hydroxyl groups excluding tert-OH is 1. The first-order chi connectivity index (χ1) is 5.95. The first-order valence-electron chi connectivity index (χ1n) is 4.40. The highest BCUT2D eigenvalue weighted by Gasteiger charge is 2.24. The van der Waals surface area contributed by atoms with Crippen LogP contribution in [-0.4, -0.2) is 5.11 Å². The van der Waals surface area contributed by atoms with Crippen LogP contribution in [0.15, 0.2) is 16.5 Å². The largest absolute Gasteiger partial charge is 0.462 e. The summed E-state index contributed by atoms with van der Waals surface area (Å²) in [7, 11) is 0. The van der Waals surface area contributed by atoms with Crippen LogP contribution in [0.2, 0.25) is 0 Å². The van der Waals surface area contributed by atoms with Crippen molar-refractivity contribution in [3.05, 3.63) is 23.7 Å². The van der Waals surface area contributed by atoms with Crippen LogP contribution in [0.1, 0.15) is 38.3 Å². The van der Waals surface area contributed by atoms with Gasteiger partial charge in [-0.05, 0) is 17.5 Å².